The van der Waals surface area contributed by atoms with Crippen LogP contribution in [-0.2, 0) is 26.1 Å². The third kappa shape index (κ3) is 4.86. The van der Waals surface area contributed by atoms with E-state index in [0.717, 1.165) is 50.5 Å². The second kappa shape index (κ2) is 10.1. The van der Waals surface area contributed by atoms with Crippen LogP contribution in [0.3, 0.4) is 0 Å². The van der Waals surface area contributed by atoms with Crippen LogP contribution in [0.25, 0.3) is 0 Å². The van der Waals surface area contributed by atoms with Gasteiger partial charge in [-0.25, -0.2) is 4.98 Å². The topological polar surface area (TPSA) is 57.6 Å². The molecule has 1 unspecified atom stereocenters. The van der Waals surface area contributed by atoms with Gasteiger partial charge in [-0.15, -0.1) is 0 Å². The molecule has 0 amide bonds. The van der Waals surface area contributed by atoms with Gasteiger partial charge in [0, 0.05) is 12.0 Å². The lowest BCUT2D eigenvalue weighted by atomic mass is 9.94. The fraction of sp³-hybridized carbons (Fsp3) is 0.357. The fourth-order valence-electron chi connectivity index (χ4n) is 5.27. The smallest absolute Gasteiger partial charge is 0.237 e. The largest absolute Gasteiger partial charge is 0.327 e. The Morgan fingerprint density at radius 1 is 0.909 bits per heavy atom. The average molecular weight is 440 g/mol. The molecule has 3 aromatic rings. The lowest BCUT2D eigenvalue weighted by molar-refractivity contribution is -0.929. The predicted octanol–water partition coefficient (Wildman–Crippen LogP) is 3.12. The van der Waals surface area contributed by atoms with Gasteiger partial charge in [0.2, 0.25) is 11.6 Å². The monoisotopic (exact) mass is 439 g/mol. The van der Waals surface area contributed by atoms with Gasteiger partial charge >= 0.3 is 0 Å². The molecule has 1 atom stereocenters. The summed E-state index contributed by atoms with van der Waals surface area (Å²) in [4.78, 5) is 7.78. The number of hydrogen-bond donors (Lipinski definition) is 2. The SMILES string of the molecule is N#Cc1c(NCc2ccccc2)[nH+]c(N2CCCCC2)c2c1CC[NH+](Cc1ccccc1)C2. The van der Waals surface area contributed by atoms with Crippen molar-refractivity contribution in [1.82, 2.24) is 0 Å². The van der Waals surface area contributed by atoms with E-state index in [4.69, 9.17) is 0 Å². The lowest BCUT2D eigenvalue weighted by Gasteiger charge is -2.31. The second-order valence-corrected chi connectivity index (χ2v) is 9.27. The van der Waals surface area contributed by atoms with Gasteiger partial charge < -0.3 is 10.2 Å². The summed E-state index contributed by atoms with van der Waals surface area (Å²) in [7, 11) is 0. The molecule has 3 heterocycles. The van der Waals surface area contributed by atoms with Crippen molar-refractivity contribution in [3.8, 4) is 6.07 Å². The molecule has 0 radical (unpaired) electrons. The fourth-order valence-corrected chi connectivity index (χ4v) is 5.27. The van der Waals surface area contributed by atoms with E-state index in [9.17, 15) is 5.26 Å². The molecule has 168 valence electrons. The molecule has 2 aliphatic heterocycles. The highest BCUT2D eigenvalue weighted by atomic mass is 15.2. The van der Waals surface area contributed by atoms with Crippen LogP contribution in [0.1, 0.15) is 47.1 Å². The third-order valence-electron chi connectivity index (χ3n) is 6.99. The number of anilines is 2. The lowest BCUT2D eigenvalue weighted by Crippen LogP contribution is -3.10. The van der Waals surface area contributed by atoms with Crippen molar-refractivity contribution in [2.45, 2.75) is 45.3 Å². The Bertz CT molecular complexity index is 1110. The zero-order chi connectivity index (χ0) is 22.5. The van der Waals surface area contributed by atoms with Crippen LogP contribution in [0.5, 0.6) is 0 Å². The Balaban J connectivity index is 1.48. The normalized spacial score (nSPS) is 17.8. The molecule has 33 heavy (non-hydrogen) atoms. The molecule has 1 fully saturated rings. The van der Waals surface area contributed by atoms with Gasteiger partial charge in [0.1, 0.15) is 24.7 Å². The van der Waals surface area contributed by atoms with E-state index in [1.807, 2.05) is 6.07 Å². The van der Waals surface area contributed by atoms with E-state index >= 15 is 0 Å². The first-order valence-electron chi connectivity index (χ1n) is 12.2. The number of benzene rings is 2. The first-order chi connectivity index (χ1) is 16.3. The molecular weight excluding hydrogens is 406 g/mol. The Morgan fingerprint density at radius 2 is 1.61 bits per heavy atom. The molecule has 2 aliphatic rings. The van der Waals surface area contributed by atoms with E-state index in [1.165, 1.54) is 47.3 Å². The van der Waals surface area contributed by atoms with Crippen LogP contribution < -0.4 is 20.1 Å². The number of quaternary nitrogens is 1. The number of hydrogen-bond acceptors (Lipinski definition) is 3. The van der Waals surface area contributed by atoms with Gasteiger partial charge in [-0.05, 0) is 30.4 Å². The van der Waals surface area contributed by atoms with Crippen molar-refractivity contribution in [3.63, 3.8) is 0 Å². The zero-order valence-electron chi connectivity index (χ0n) is 19.2. The molecule has 0 bridgehead atoms. The maximum atomic E-state index is 10.1. The summed E-state index contributed by atoms with van der Waals surface area (Å²) in [6.45, 7) is 5.91. The highest BCUT2D eigenvalue weighted by molar-refractivity contribution is 5.61. The van der Waals surface area contributed by atoms with Crippen LogP contribution in [0.4, 0.5) is 11.6 Å². The standard InChI is InChI=1S/C28H31N5/c29-18-25-24-14-17-32(20-23-12-6-2-7-13-23)21-26(24)28(33-15-8-3-9-16-33)31-27(25)30-19-22-10-4-1-5-11-22/h1-2,4-7,10-13H,3,8-9,14-17,19-21H2,(H,30,31)/p+2. The van der Waals surface area contributed by atoms with Gasteiger partial charge in [0.25, 0.3) is 0 Å². The molecule has 0 saturated carbocycles. The highest BCUT2D eigenvalue weighted by Crippen LogP contribution is 2.29. The van der Waals surface area contributed by atoms with Crippen LogP contribution in [0, 0.1) is 11.3 Å². The van der Waals surface area contributed by atoms with Crippen molar-refractivity contribution in [2.24, 2.45) is 0 Å². The van der Waals surface area contributed by atoms with Crippen molar-refractivity contribution in [1.29, 1.82) is 5.26 Å². The first-order valence-corrected chi connectivity index (χ1v) is 12.2. The Labute approximate surface area is 196 Å². The van der Waals surface area contributed by atoms with Crippen molar-refractivity contribution >= 4 is 11.6 Å². The summed E-state index contributed by atoms with van der Waals surface area (Å²) < 4.78 is 0. The molecule has 2 aromatic carbocycles. The van der Waals surface area contributed by atoms with Gasteiger partial charge in [0.15, 0.2) is 0 Å². The molecule has 0 spiro atoms. The van der Waals surface area contributed by atoms with Gasteiger partial charge in [-0.2, -0.15) is 5.26 Å². The number of pyridine rings is 1. The number of fused-ring (bicyclic) bond motifs is 1. The number of nitrogens with zero attached hydrogens (tertiary/aromatic N) is 2. The van der Waals surface area contributed by atoms with Crippen LogP contribution in [0.15, 0.2) is 60.7 Å². The summed E-state index contributed by atoms with van der Waals surface area (Å²) in [6, 6.07) is 23.7. The van der Waals surface area contributed by atoms with Gasteiger partial charge in [-0.3, -0.25) is 4.90 Å². The molecular formula is C28H33N5+2. The Kier molecular flexibility index (Phi) is 6.55. The summed E-state index contributed by atoms with van der Waals surface area (Å²) >= 11 is 0. The molecule has 3 N–H and O–H groups in total. The first kappa shape index (κ1) is 21.5. The molecule has 5 nitrogen and oxygen atoms in total. The summed E-state index contributed by atoms with van der Waals surface area (Å²) in [5.74, 6) is 2.09. The number of nitrogens with one attached hydrogen (secondary N) is 3. The summed E-state index contributed by atoms with van der Waals surface area (Å²) in [5.41, 5.74) is 5.96. The number of rotatable bonds is 6. The van der Waals surface area contributed by atoms with Crippen LogP contribution >= 0.6 is 0 Å². The van der Waals surface area contributed by atoms with Gasteiger partial charge in [0.05, 0.1) is 31.7 Å². The zero-order valence-corrected chi connectivity index (χ0v) is 19.2. The van der Waals surface area contributed by atoms with E-state index in [0.29, 0.717) is 6.54 Å². The minimum atomic E-state index is 0.704. The molecule has 5 heteroatoms. The average Bonchev–Trinajstić information content (AvgIpc) is 2.88. The van der Waals surface area contributed by atoms with Crippen molar-refractivity contribution in [2.75, 3.05) is 29.9 Å². The number of H-pyrrole nitrogens is 1. The van der Waals surface area contributed by atoms with Crippen molar-refractivity contribution in [3.05, 3.63) is 88.5 Å². The minimum absolute atomic E-state index is 0.704. The highest BCUT2D eigenvalue weighted by Gasteiger charge is 2.33. The molecule has 5 rings (SSSR count). The molecule has 0 aliphatic carbocycles. The predicted molar refractivity (Wildman–Crippen MR) is 131 cm³/mol. The van der Waals surface area contributed by atoms with E-state index in [-0.39, 0.29) is 0 Å². The number of aromatic amines is 1. The maximum Gasteiger partial charge on any atom is 0.237 e. The van der Waals surface area contributed by atoms with Crippen LogP contribution in [-0.4, -0.2) is 19.6 Å². The Morgan fingerprint density at radius 3 is 2.30 bits per heavy atom. The van der Waals surface area contributed by atoms with E-state index < -0.39 is 0 Å². The molecule has 1 aromatic heterocycles. The van der Waals surface area contributed by atoms with E-state index in [2.05, 4.69) is 75.9 Å². The number of aromatic nitrogens is 1. The van der Waals surface area contributed by atoms with Crippen LogP contribution in [0.2, 0.25) is 0 Å². The number of nitriles is 1. The van der Waals surface area contributed by atoms with E-state index in [1.54, 1.807) is 4.90 Å². The molecule has 1 saturated heterocycles. The summed E-state index contributed by atoms with van der Waals surface area (Å²) in [6.07, 6.45) is 4.71. The van der Waals surface area contributed by atoms with Gasteiger partial charge in [-0.1, -0.05) is 60.7 Å². The maximum absolute atomic E-state index is 10.1. The summed E-state index contributed by atoms with van der Waals surface area (Å²) in [5, 5.41) is 13.7. The quantitative estimate of drug-likeness (QED) is 0.621. The second-order valence-electron chi connectivity index (χ2n) is 9.27. The Hall–Kier alpha value is -3.36. The third-order valence-corrected chi connectivity index (χ3v) is 6.99. The van der Waals surface area contributed by atoms with Crippen molar-refractivity contribution < 1.29 is 9.88 Å². The minimum Gasteiger partial charge on any atom is -0.327 e. The number of piperidine rings is 1.